The minimum atomic E-state index is -2.45. The number of hydrogen-bond acceptors (Lipinski definition) is 5. The van der Waals surface area contributed by atoms with Crippen molar-refractivity contribution in [2.24, 2.45) is 23.7 Å². The second kappa shape index (κ2) is 7.78. The van der Waals surface area contributed by atoms with E-state index in [1.807, 2.05) is 13.8 Å². The molecule has 0 saturated carbocycles. The highest BCUT2D eigenvalue weighted by Crippen LogP contribution is 2.52. The molecule has 8 heteroatoms. The van der Waals surface area contributed by atoms with Gasteiger partial charge in [-0.15, -0.1) is 11.6 Å². The van der Waals surface area contributed by atoms with Crippen LogP contribution in [0.5, 0.6) is 0 Å². The number of carbonyl (C=O) groups excluding carboxylic acids is 2. The maximum atomic E-state index is 12.4. The van der Waals surface area contributed by atoms with Gasteiger partial charge >= 0.3 is 11.9 Å². The Labute approximate surface area is 167 Å². The Kier molecular flexibility index (Phi) is 6.24. The lowest BCUT2D eigenvalue weighted by Gasteiger charge is -2.42. The minimum absolute atomic E-state index is 0.0738. The van der Waals surface area contributed by atoms with Crippen LogP contribution in [-0.4, -0.2) is 46.0 Å². The second-order valence-corrected chi connectivity index (χ2v) is 7.75. The molecule has 0 aromatic carbocycles. The van der Waals surface area contributed by atoms with Crippen LogP contribution in [0.15, 0.2) is 34.4 Å². The van der Waals surface area contributed by atoms with Gasteiger partial charge in [-0.2, -0.15) is 0 Å². The summed E-state index contributed by atoms with van der Waals surface area (Å²) in [5, 5.41) is 18.8. The van der Waals surface area contributed by atoms with Crippen LogP contribution in [0.4, 0.5) is 0 Å². The van der Waals surface area contributed by atoms with Crippen LogP contribution in [0, 0.1) is 23.7 Å². The van der Waals surface area contributed by atoms with E-state index in [0.29, 0.717) is 0 Å². The van der Waals surface area contributed by atoms with Crippen molar-refractivity contribution < 1.29 is 29.3 Å². The number of carbonyl (C=O) groups is 3. The molecule has 2 aliphatic carbocycles. The summed E-state index contributed by atoms with van der Waals surface area (Å²) in [7, 11) is 1.07. The molecule has 2 N–H and O–H groups in total. The van der Waals surface area contributed by atoms with Crippen molar-refractivity contribution in [3.63, 3.8) is 0 Å². The van der Waals surface area contributed by atoms with Crippen molar-refractivity contribution in [1.82, 2.24) is 0 Å². The number of halogens is 2. The first-order valence-corrected chi connectivity index (χ1v) is 9.32. The minimum Gasteiger partial charge on any atom is -0.478 e. The third-order valence-corrected chi connectivity index (χ3v) is 6.43. The monoisotopic (exact) mass is 416 g/mol. The molecule has 0 unspecified atom stereocenters. The highest BCUT2D eigenvalue weighted by atomic mass is 35.5. The lowest BCUT2D eigenvalue weighted by atomic mass is 9.63. The van der Waals surface area contributed by atoms with E-state index in [4.69, 9.17) is 23.2 Å². The molecular formula is C19H22Cl2O6. The van der Waals surface area contributed by atoms with Crippen LogP contribution in [0.1, 0.15) is 20.8 Å². The van der Waals surface area contributed by atoms with Crippen molar-refractivity contribution in [3.05, 3.63) is 34.4 Å². The second-order valence-electron chi connectivity index (χ2n) is 6.94. The van der Waals surface area contributed by atoms with Crippen molar-refractivity contribution in [2.75, 3.05) is 7.11 Å². The molecule has 2 aliphatic rings. The molecule has 0 amide bonds. The van der Waals surface area contributed by atoms with E-state index in [-0.39, 0.29) is 28.0 Å². The summed E-state index contributed by atoms with van der Waals surface area (Å²) in [6.07, 6.45) is 4.99. The van der Waals surface area contributed by atoms with Crippen LogP contribution >= 0.6 is 23.2 Å². The normalized spacial score (nSPS) is 36.9. The summed E-state index contributed by atoms with van der Waals surface area (Å²) in [6, 6.07) is 0. The van der Waals surface area contributed by atoms with Gasteiger partial charge in [-0.05, 0) is 24.7 Å². The van der Waals surface area contributed by atoms with Gasteiger partial charge in [0, 0.05) is 17.1 Å². The third kappa shape index (κ3) is 3.24. The van der Waals surface area contributed by atoms with Crippen molar-refractivity contribution in [3.8, 4) is 0 Å². The number of aliphatic carboxylic acids is 1. The molecule has 6 nitrogen and oxygen atoms in total. The Balaban J connectivity index is 2.77. The number of allylic oxidation sites excluding steroid dienone is 4. The van der Waals surface area contributed by atoms with E-state index in [0.717, 1.165) is 7.11 Å². The zero-order valence-corrected chi connectivity index (χ0v) is 16.9. The van der Waals surface area contributed by atoms with Gasteiger partial charge in [0.05, 0.1) is 12.1 Å². The Bertz CT molecular complexity index is 768. The molecule has 0 aromatic heterocycles. The first-order valence-electron chi connectivity index (χ1n) is 8.50. The Morgan fingerprint density at radius 1 is 1.33 bits per heavy atom. The lowest BCUT2D eigenvalue weighted by molar-refractivity contribution is -0.159. The van der Waals surface area contributed by atoms with Gasteiger partial charge in [0.15, 0.2) is 5.78 Å². The van der Waals surface area contributed by atoms with E-state index < -0.39 is 40.5 Å². The maximum absolute atomic E-state index is 12.4. The smallest absolute Gasteiger partial charge is 0.344 e. The predicted octanol–water partition coefficient (Wildman–Crippen LogP) is 2.68. The maximum Gasteiger partial charge on any atom is 0.344 e. The fraction of sp³-hybridized carbons (Fsp3) is 0.526. The number of alkyl halides is 1. The zero-order chi connectivity index (χ0) is 20.7. The number of Topliss-reactive ketones (excluding diaryl/α,β-unsaturated/α-hetero) is 1. The standard InChI is InChI=1S/C19H22Cl2O6/c1-5-6-10-11(17(23)24)7-8(2)9(3)12(10)13-14(20)15(22)16(21)19(13,26)18(25)27-4/h5-10,12,16,26H,1-4H3,(H,23,24)/b6-5+/t8-,9-,10+,12+,16+,19+/m0/s1. The molecular weight excluding hydrogens is 395 g/mol. The number of rotatable bonds is 4. The molecule has 0 aromatic rings. The quantitative estimate of drug-likeness (QED) is 0.415. The average Bonchev–Trinajstić information content (AvgIpc) is 2.79. The van der Waals surface area contributed by atoms with Gasteiger partial charge in [0.1, 0.15) is 5.38 Å². The van der Waals surface area contributed by atoms with Crippen LogP contribution in [0.3, 0.4) is 0 Å². The number of ether oxygens (including phenoxy) is 1. The SMILES string of the molecule is C/C=C/[C@@H]1C(C(=O)O)=C[C@H](C)[C@H](C)[C@H]1C1=C(Cl)C(=O)[C@@H](Cl)[C@@]1(O)C(=O)OC. The molecule has 148 valence electrons. The molecule has 0 bridgehead atoms. The number of methoxy groups -OCH3 is 1. The van der Waals surface area contributed by atoms with E-state index in [2.05, 4.69) is 4.74 Å². The van der Waals surface area contributed by atoms with E-state index >= 15 is 0 Å². The van der Waals surface area contributed by atoms with Crippen LogP contribution in [-0.2, 0) is 19.1 Å². The van der Waals surface area contributed by atoms with Gasteiger partial charge in [0.25, 0.3) is 0 Å². The summed E-state index contributed by atoms with van der Waals surface area (Å²) < 4.78 is 4.69. The molecule has 0 spiro atoms. The Hall–Kier alpha value is -1.63. The van der Waals surface area contributed by atoms with Crippen LogP contribution < -0.4 is 0 Å². The molecule has 2 rings (SSSR count). The summed E-state index contributed by atoms with van der Waals surface area (Å²) in [5.41, 5.74) is -2.42. The summed E-state index contributed by atoms with van der Waals surface area (Å²) in [4.78, 5) is 36.6. The molecule has 0 saturated heterocycles. The fourth-order valence-electron chi connectivity index (χ4n) is 3.99. The van der Waals surface area contributed by atoms with E-state index in [9.17, 15) is 24.6 Å². The van der Waals surface area contributed by atoms with Crippen LogP contribution in [0.2, 0.25) is 0 Å². The number of carboxylic acids is 1. The number of hydrogen-bond donors (Lipinski definition) is 2. The first-order chi connectivity index (χ1) is 12.5. The van der Waals surface area contributed by atoms with Crippen molar-refractivity contribution >= 4 is 40.9 Å². The predicted molar refractivity (Wildman–Crippen MR) is 100 cm³/mol. The number of carboxylic acid groups (broad SMARTS) is 1. The van der Waals surface area contributed by atoms with Gasteiger partial charge in [-0.25, -0.2) is 9.59 Å². The summed E-state index contributed by atoms with van der Waals surface area (Å²) in [6.45, 7) is 5.40. The number of ketones is 1. The van der Waals surface area contributed by atoms with E-state index in [1.54, 1.807) is 25.2 Å². The molecule has 0 radical (unpaired) electrons. The van der Waals surface area contributed by atoms with Gasteiger partial charge in [0.2, 0.25) is 5.60 Å². The van der Waals surface area contributed by atoms with Crippen LogP contribution in [0.25, 0.3) is 0 Å². The molecule has 0 aliphatic heterocycles. The molecule has 0 fully saturated rings. The molecule has 0 heterocycles. The molecule has 27 heavy (non-hydrogen) atoms. The summed E-state index contributed by atoms with van der Waals surface area (Å²) in [5.74, 6) is -4.87. The van der Waals surface area contributed by atoms with Gasteiger partial charge in [-0.3, -0.25) is 4.79 Å². The Morgan fingerprint density at radius 3 is 2.41 bits per heavy atom. The van der Waals surface area contributed by atoms with Crippen molar-refractivity contribution in [2.45, 2.75) is 31.7 Å². The zero-order valence-electron chi connectivity index (χ0n) is 15.4. The Morgan fingerprint density at radius 2 is 1.93 bits per heavy atom. The van der Waals surface area contributed by atoms with Gasteiger partial charge in [-0.1, -0.05) is 43.7 Å². The fourth-order valence-corrected chi connectivity index (χ4v) is 4.74. The third-order valence-electron chi connectivity index (χ3n) is 5.52. The largest absolute Gasteiger partial charge is 0.478 e. The number of esters is 1. The van der Waals surface area contributed by atoms with E-state index in [1.165, 1.54) is 0 Å². The average molecular weight is 417 g/mol. The highest BCUT2D eigenvalue weighted by molar-refractivity contribution is 6.52. The first kappa shape index (κ1) is 21.7. The highest BCUT2D eigenvalue weighted by Gasteiger charge is 2.62. The van der Waals surface area contributed by atoms with Crippen molar-refractivity contribution in [1.29, 1.82) is 0 Å². The topological polar surface area (TPSA) is 101 Å². The number of aliphatic hydroxyl groups is 1. The summed E-state index contributed by atoms with van der Waals surface area (Å²) >= 11 is 12.3. The lowest BCUT2D eigenvalue weighted by Crippen LogP contribution is -2.52. The molecule has 6 atom stereocenters. The van der Waals surface area contributed by atoms with Gasteiger partial charge < -0.3 is 14.9 Å².